The largest absolute Gasteiger partial charge is 0.474 e. The van der Waals surface area contributed by atoms with E-state index >= 15 is 0 Å². The van der Waals surface area contributed by atoms with Crippen molar-refractivity contribution in [3.8, 4) is 17.0 Å². The number of rotatable bonds is 2. The molecule has 22 heavy (non-hydrogen) atoms. The lowest BCUT2D eigenvalue weighted by atomic mass is 9.90. The molecule has 0 saturated heterocycles. The Labute approximate surface area is 137 Å². The molecule has 2 heterocycles. The predicted molar refractivity (Wildman–Crippen MR) is 91.7 cm³/mol. The number of fused-ring (bicyclic) bond motifs is 1. The lowest BCUT2D eigenvalue weighted by molar-refractivity contribution is 0.120. The molecule has 1 unspecified atom stereocenters. The first kappa shape index (κ1) is 15.4. The van der Waals surface area contributed by atoms with Crippen molar-refractivity contribution in [3.63, 3.8) is 0 Å². The van der Waals surface area contributed by atoms with Gasteiger partial charge in [0.05, 0.1) is 0 Å². The van der Waals surface area contributed by atoms with Crippen molar-refractivity contribution in [3.05, 3.63) is 46.1 Å². The molecule has 2 nitrogen and oxygen atoms in total. The van der Waals surface area contributed by atoms with E-state index in [2.05, 4.69) is 50.9 Å². The molecule has 0 spiro atoms. The third kappa shape index (κ3) is 2.85. The number of halogens is 1. The zero-order valence-corrected chi connectivity index (χ0v) is 14.4. The van der Waals surface area contributed by atoms with Crippen LogP contribution in [-0.4, -0.2) is 11.1 Å². The van der Waals surface area contributed by atoms with E-state index in [-0.39, 0.29) is 6.10 Å². The van der Waals surface area contributed by atoms with Gasteiger partial charge < -0.3 is 4.74 Å². The SMILES string of the molecule is Cc1ccc(-c2cc(Cl)nc3c2CCC(C(C)C)O3)c(C)c1. The average molecular weight is 316 g/mol. The minimum Gasteiger partial charge on any atom is -0.474 e. The van der Waals surface area contributed by atoms with E-state index in [0.717, 1.165) is 18.4 Å². The second-order valence-corrected chi connectivity index (χ2v) is 6.92. The Kier molecular flexibility index (Phi) is 4.14. The summed E-state index contributed by atoms with van der Waals surface area (Å²) in [6, 6.07) is 8.49. The van der Waals surface area contributed by atoms with Gasteiger partial charge in [0.15, 0.2) is 0 Å². The summed E-state index contributed by atoms with van der Waals surface area (Å²) in [5, 5.41) is 0.498. The molecule has 0 radical (unpaired) electrons. The molecule has 0 aliphatic carbocycles. The van der Waals surface area contributed by atoms with Crippen LogP contribution in [0.15, 0.2) is 24.3 Å². The highest BCUT2D eigenvalue weighted by atomic mass is 35.5. The first-order chi connectivity index (χ1) is 10.5. The van der Waals surface area contributed by atoms with Gasteiger partial charge in [-0.25, -0.2) is 4.98 Å². The topological polar surface area (TPSA) is 22.1 Å². The van der Waals surface area contributed by atoms with E-state index in [4.69, 9.17) is 16.3 Å². The van der Waals surface area contributed by atoms with E-state index in [0.29, 0.717) is 17.0 Å². The number of pyridine rings is 1. The fourth-order valence-corrected chi connectivity index (χ4v) is 3.36. The number of aryl methyl sites for hydroxylation is 2. The third-order valence-electron chi connectivity index (χ3n) is 4.41. The van der Waals surface area contributed by atoms with Gasteiger partial charge in [0, 0.05) is 5.56 Å². The highest BCUT2D eigenvalue weighted by molar-refractivity contribution is 6.29. The molecule has 0 fully saturated rings. The number of hydrogen-bond acceptors (Lipinski definition) is 2. The molecule has 1 aliphatic rings. The van der Waals surface area contributed by atoms with E-state index in [1.807, 2.05) is 6.07 Å². The molecule has 1 aromatic carbocycles. The van der Waals surface area contributed by atoms with E-state index < -0.39 is 0 Å². The normalized spacial score (nSPS) is 17.3. The van der Waals surface area contributed by atoms with Crippen LogP contribution in [0.4, 0.5) is 0 Å². The van der Waals surface area contributed by atoms with Gasteiger partial charge >= 0.3 is 0 Å². The summed E-state index contributed by atoms with van der Waals surface area (Å²) in [5.74, 6) is 1.20. The number of nitrogens with zero attached hydrogens (tertiary/aromatic N) is 1. The van der Waals surface area contributed by atoms with Gasteiger partial charge in [0.25, 0.3) is 0 Å². The van der Waals surface area contributed by atoms with Crippen molar-refractivity contribution in [2.75, 3.05) is 0 Å². The molecule has 116 valence electrons. The highest BCUT2D eigenvalue weighted by Gasteiger charge is 2.26. The first-order valence-electron chi connectivity index (χ1n) is 7.89. The number of hydrogen-bond donors (Lipinski definition) is 0. The Hall–Kier alpha value is -1.54. The second kappa shape index (κ2) is 5.92. The predicted octanol–water partition coefficient (Wildman–Crippen LogP) is 5.37. The molecule has 0 saturated carbocycles. The lowest BCUT2D eigenvalue weighted by Gasteiger charge is -2.29. The number of ether oxygens (including phenoxy) is 1. The Morgan fingerprint density at radius 2 is 1.95 bits per heavy atom. The van der Waals surface area contributed by atoms with Crippen molar-refractivity contribution in [1.29, 1.82) is 0 Å². The molecule has 1 aliphatic heterocycles. The molecule has 1 aromatic heterocycles. The summed E-state index contributed by atoms with van der Waals surface area (Å²) in [6.07, 6.45) is 2.25. The van der Waals surface area contributed by atoms with Crippen LogP contribution in [0.1, 0.15) is 37.0 Å². The third-order valence-corrected chi connectivity index (χ3v) is 4.61. The van der Waals surface area contributed by atoms with Gasteiger partial charge in [-0.2, -0.15) is 0 Å². The van der Waals surface area contributed by atoms with Gasteiger partial charge in [-0.3, -0.25) is 0 Å². The van der Waals surface area contributed by atoms with Gasteiger partial charge in [0.2, 0.25) is 5.88 Å². The highest BCUT2D eigenvalue weighted by Crippen LogP contribution is 2.38. The molecule has 0 amide bonds. The van der Waals surface area contributed by atoms with Crippen molar-refractivity contribution in [2.45, 2.75) is 46.6 Å². The maximum Gasteiger partial charge on any atom is 0.218 e. The van der Waals surface area contributed by atoms with Crippen molar-refractivity contribution in [2.24, 2.45) is 5.92 Å². The van der Waals surface area contributed by atoms with Crippen LogP contribution in [0.2, 0.25) is 5.15 Å². The summed E-state index contributed by atoms with van der Waals surface area (Å²) in [6.45, 7) is 8.63. The summed E-state index contributed by atoms with van der Waals surface area (Å²) >= 11 is 6.25. The molecule has 3 heteroatoms. The molecular weight excluding hydrogens is 294 g/mol. The smallest absolute Gasteiger partial charge is 0.218 e. The van der Waals surface area contributed by atoms with E-state index in [1.165, 1.54) is 22.3 Å². The quantitative estimate of drug-likeness (QED) is 0.695. The molecule has 3 rings (SSSR count). The average Bonchev–Trinajstić information content (AvgIpc) is 2.45. The van der Waals surface area contributed by atoms with Crippen LogP contribution in [-0.2, 0) is 6.42 Å². The van der Waals surface area contributed by atoms with Crippen LogP contribution in [0.3, 0.4) is 0 Å². The zero-order valence-electron chi connectivity index (χ0n) is 13.6. The number of aromatic nitrogens is 1. The minimum atomic E-state index is 0.227. The fraction of sp³-hybridized carbons (Fsp3) is 0.421. The van der Waals surface area contributed by atoms with E-state index in [1.54, 1.807) is 0 Å². The van der Waals surface area contributed by atoms with Crippen LogP contribution in [0.5, 0.6) is 5.88 Å². The van der Waals surface area contributed by atoms with Gasteiger partial charge in [-0.05, 0) is 55.4 Å². The first-order valence-corrected chi connectivity index (χ1v) is 8.27. The Morgan fingerprint density at radius 1 is 1.18 bits per heavy atom. The van der Waals surface area contributed by atoms with E-state index in [9.17, 15) is 0 Å². The lowest BCUT2D eigenvalue weighted by Crippen LogP contribution is -2.28. The summed E-state index contributed by atoms with van der Waals surface area (Å²) in [5.41, 5.74) is 6.10. The fourth-order valence-electron chi connectivity index (χ4n) is 3.17. The minimum absolute atomic E-state index is 0.227. The second-order valence-electron chi connectivity index (χ2n) is 6.53. The zero-order chi connectivity index (χ0) is 15.9. The Balaban J connectivity index is 2.10. The Bertz CT molecular complexity index is 709. The van der Waals surface area contributed by atoms with Crippen molar-refractivity contribution >= 4 is 11.6 Å². The molecule has 0 bridgehead atoms. The monoisotopic (exact) mass is 315 g/mol. The maximum absolute atomic E-state index is 6.25. The summed E-state index contributed by atoms with van der Waals surface area (Å²) in [7, 11) is 0. The van der Waals surface area contributed by atoms with Crippen LogP contribution in [0, 0.1) is 19.8 Å². The maximum atomic E-state index is 6.25. The Morgan fingerprint density at radius 3 is 2.64 bits per heavy atom. The van der Waals surface area contributed by atoms with Gasteiger partial charge in [-0.15, -0.1) is 0 Å². The van der Waals surface area contributed by atoms with Crippen molar-refractivity contribution in [1.82, 2.24) is 4.98 Å². The van der Waals surface area contributed by atoms with Crippen LogP contribution < -0.4 is 4.74 Å². The molecule has 0 N–H and O–H groups in total. The summed E-state index contributed by atoms with van der Waals surface area (Å²) < 4.78 is 6.10. The number of benzene rings is 1. The van der Waals surface area contributed by atoms with Crippen LogP contribution >= 0.6 is 11.6 Å². The summed E-state index contributed by atoms with van der Waals surface area (Å²) in [4.78, 5) is 4.42. The molecule has 1 atom stereocenters. The standard InChI is InChI=1S/C19H22ClNO/c1-11(2)17-8-7-15-16(10-18(20)21-19(15)22-17)14-6-5-12(3)9-13(14)4/h5-6,9-11,17H,7-8H2,1-4H3. The molecule has 2 aromatic rings. The molecular formula is C19H22ClNO. The van der Waals surface area contributed by atoms with Gasteiger partial charge in [-0.1, -0.05) is 49.2 Å². The van der Waals surface area contributed by atoms with Crippen LogP contribution in [0.25, 0.3) is 11.1 Å². The van der Waals surface area contributed by atoms with Crippen molar-refractivity contribution < 1.29 is 4.74 Å². The van der Waals surface area contributed by atoms with Gasteiger partial charge in [0.1, 0.15) is 11.3 Å².